The van der Waals surface area contributed by atoms with E-state index in [1.54, 1.807) is 13.1 Å². The molecule has 1 saturated carbocycles. The van der Waals surface area contributed by atoms with Crippen LogP contribution in [0.25, 0.3) is 0 Å². The highest BCUT2D eigenvalue weighted by atomic mass is 16.6. The SMILES string of the molecule is CNc1c([N+](=O)[O-])ccc2c1=NC1(CCCCC1)N=2. The van der Waals surface area contributed by atoms with Crippen molar-refractivity contribution in [2.75, 3.05) is 12.4 Å². The Kier molecular flexibility index (Phi) is 2.73. The molecule has 1 aliphatic carbocycles. The van der Waals surface area contributed by atoms with Gasteiger partial charge in [0.15, 0.2) is 5.66 Å². The van der Waals surface area contributed by atoms with E-state index >= 15 is 0 Å². The van der Waals surface area contributed by atoms with E-state index in [0.29, 0.717) is 11.0 Å². The zero-order valence-corrected chi connectivity index (χ0v) is 10.8. The van der Waals surface area contributed by atoms with Gasteiger partial charge in [-0.25, -0.2) is 0 Å². The van der Waals surface area contributed by atoms with Crippen LogP contribution in [-0.4, -0.2) is 17.6 Å². The molecule has 0 amide bonds. The Morgan fingerprint density at radius 1 is 1.26 bits per heavy atom. The standard InChI is InChI=1S/C13H16N4O2/c1-14-12-10(17(18)19)6-5-9-11(12)16-13(15-9)7-3-2-4-8-13/h5-6,14H,2-4,7-8H2,1H3. The number of hydrogen-bond acceptors (Lipinski definition) is 5. The van der Waals surface area contributed by atoms with Crippen molar-refractivity contribution in [2.24, 2.45) is 9.98 Å². The molecule has 0 unspecified atom stereocenters. The number of rotatable bonds is 2. The van der Waals surface area contributed by atoms with Gasteiger partial charge in [-0.2, -0.15) is 0 Å². The van der Waals surface area contributed by atoms with Crippen molar-refractivity contribution in [1.82, 2.24) is 0 Å². The first-order chi connectivity index (χ1) is 9.15. The maximum Gasteiger partial charge on any atom is 0.294 e. The molecule has 3 rings (SSSR count). The molecule has 100 valence electrons. The second-order valence-corrected chi connectivity index (χ2v) is 5.10. The van der Waals surface area contributed by atoms with Gasteiger partial charge in [-0.05, 0) is 31.7 Å². The van der Waals surface area contributed by atoms with E-state index in [4.69, 9.17) is 9.98 Å². The number of nitrogens with one attached hydrogen (secondary N) is 1. The Labute approximate surface area is 110 Å². The lowest BCUT2D eigenvalue weighted by atomic mass is 9.90. The predicted octanol–water partition coefficient (Wildman–Crippen LogP) is 1.55. The summed E-state index contributed by atoms with van der Waals surface area (Å²) < 4.78 is 0. The maximum absolute atomic E-state index is 11.0. The Morgan fingerprint density at radius 3 is 2.63 bits per heavy atom. The number of nitro groups is 1. The fraction of sp³-hybridized carbons (Fsp3) is 0.538. The first-order valence-corrected chi connectivity index (χ1v) is 6.60. The van der Waals surface area contributed by atoms with Crippen LogP contribution in [-0.2, 0) is 0 Å². The van der Waals surface area contributed by atoms with Crippen LogP contribution in [0.4, 0.5) is 11.4 Å². The third-order valence-electron chi connectivity index (χ3n) is 3.88. The average molecular weight is 260 g/mol. The summed E-state index contributed by atoms with van der Waals surface area (Å²) in [5, 5.41) is 15.4. The lowest BCUT2D eigenvalue weighted by Gasteiger charge is -2.27. The van der Waals surface area contributed by atoms with Gasteiger partial charge in [-0.1, -0.05) is 6.42 Å². The van der Waals surface area contributed by atoms with Crippen LogP contribution in [0.1, 0.15) is 32.1 Å². The summed E-state index contributed by atoms with van der Waals surface area (Å²) in [5.41, 5.74) is 0.184. The quantitative estimate of drug-likeness (QED) is 0.647. The van der Waals surface area contributed by atoms with E-state index in [2.05, 4.69) is 5.32 Å². The summed E-state index contributed by atoms with van der Waals surface area (Å²) >= 11 is 0. The fourth-order valence-electron chi connectivity index (χ4n) is 2.97. The van der Waals surface area contributed by atoms with Gasteiger partial charge in [0.25, 0.3) is 5.69 Å². The summed E-state index contributed by atoms with van der Waals surface area (Å²) in [7, 11) is 1.68. The van der Waals surface area contributed by atoms with Crippen molar-refractivity contribution in [1.29, 1.82) is 0 Å². The molecule has 19 heavy (non-hydrogen) atoms. The van der Waals surface area contributed by atoms with Crippen molar-refractivity contribution < 1.29 is 4.92 Å². The van der Waals surface area contributed by atoms with E-state index < -0.39 is 0 Å². The Morgan fingerprint density at radius 2 is 2.00 bits per heavy atom. The minimum atomic E-state index is -0.381. The molecule has 2 aliphatic rings. The van der Waals surface area contributed by atoms with Crippen LogP contribution in [0.3, 0.4) is 0 Å². The molecule has 0 atom stereocenters. The zero-order valence-electron chi connectivity index (χ0n) is 10.8. The van der Waals surface area contributed by atoms with E-state index in [9.17, 15) is 10.1 Å². The minimum absolute atomic E-state index is 0.0630. The van der Waals surface area contributed by atoms with Gasteiger partial charge in [-0.3, -0.25) is 20.1 Å². The molecular weight excluding hydrogens is 244 g/mol. The molecule has 0 radical (unpaired) electrons. The average Bonchev–Trinajstić information content (AvgIpc) is 2.75. The van der Waals surface area contributed by atoms with Crippen LogP contribution in [0, 0.1) is 10.1 Å². The molecule has 0 bridgehead atoms. The minimum Gasteiger partial charge on any atom is -0.381 e. The smallest absolute Gasteiger partial charge is 0.294 e. The Hall–Kier alpha value is -1.98. The van der Waals surface area contributed by atoms with Crippen molar-refractivity contribution in [3.63, 3.8) is 0 Å². The maximum atomic E-state index is 11.0. The highest BCUT2D eigenvalue weighted by Crippen LogP contribution is 2.34. The third-order valence-corrected chi connectivity index (χ3v) is 3.88. The summed E-state index contributed by atoms with van der Waals surface area (Å²) in [6.07, 6.45) is 5.36. The molecule has 6 nitrogen and oxygen atoms in total. The van der Waals surface area contributed by atoms with E-state index in [1.807, 2.05) is 0 Å². The molecule has 1 aromatic rings. The molecule has 0 aromatic heterocycles. The van der Waals surface area contributed by atoms with E-state index in [0.717, 1.165) is 31.0 Å². The summed E-state index contributed by atoms with van der Waals surface area (Å²) in [5.74, 6) is 0. The summed E-state index contributed by atoms with van der Waals surface area (Å²) in [4.78, 5) is 20.1. The molecule has 1 spiro atoms. The van der Waals surface area contributed by atoms with Crippen molar-refractivity contribution in [3.8, 4) is 0 Å². The summed E-state index contributed by atoms with van der Waals surface area (Å²) in [6, 6.07) is 3.21. The second kappa shape index (κ2) is 4.29. The largest absolute Gasteiger partial charge is 0.381 e. The number of hydrogen-bond donors (Lipinski definition) is 1. The second-order valence-electron chi connectivity index (χ2n) is 5.10. The van der Waals surface area contributed by atoms with Crippen molar-refractivity contribution >= 4 is 11.4 Å². The van der Waals surface area contributed by atoms with Crippen LogP contribution in [0.2, 0.25) is 0 Å². The van der Waals surface area contributed by atoms with Crippen molar-refractivity contribution in [2.45, 2.75) is 37.8 Å². The number of fused-ring (bicyclic) bond motifs is 1. The van der Waals surface area contributed by atoms with Gasteiger partial charge in [0, 0.05) is 13.1 Å². The molecule has 0 saturated heterocycles. The molecular formula is C13H16N4O2. The third kappa shape index (κ3) is 1.87. The zero-order chi connectivity index (χ0) is 13.5. The lowest BCUT2D eigenvalue weighted by molar-refractivity contribution is -0.384. The summed E-state index contributed by atoms with van der Waals surface area (Å²) in [6.45, 7) is 0. The highest BCUT2D eigenvalue weighted by Gasteiger charge is 2.34. The van der Waals surface area contributed by atoms with Gasteiger partial charge in [0.2, 0.25) is 0 Å². The van der Waals surface area contributed by atoms with Gasteiger partial charge in [0.05, 0.1) is 10.3 Å². The monoisotopic (exact) mass is 260 g/mol. The van der Waals surface area contributed by atoms with Gasteiger partial charge < -0.3 is 5.32 Å². The Bertz CT molecular complexity index is 647. The topological polar surface area (TPSA) is 79.9 Å². The first-order valence-electron chi connectivity index (χ1n) is 6.60. The Balaban J connectivity index is 2.19. The van der Waals surface area contributed by atoms with E-state index in [-0.39, 0.29) is 16.3 Å². The van der Waals surface area contributed by atoms with Gasteiger partial charge >= 0.3 is 0 Å². The number of nitrogens with zero attached hydrogens (tertiary/aromatic N) is 3. The van der Waals surface area contributed by atoms with Crippen LogP contribution in [0.5, 0.6) is 0 Å². The van der Waals surface area contributed by atoms with Crippen molar-refractivity contribution in [3.05, 3.63) is 33.0 Å². The predicted molar refractivity (Wildman–Crippen MR) is 70.8 cm³/mol. The van der Waals surface area contributed by atoms with Gasteiger partial charge in [-0.15, -0.1) is 0 Å². The molecule has 1 aromatic carbocycles. The molecule has 1 aliphatic heterocycles. The number of anilines is 1. The van der Waals surface area contributed by atoms with Crippen LogP contribution >= 0.6 is 0 Å². The highest BCUT2D eigenvalue weighted by molar-refractivity contribution is 5.60. The number of benzene rings is 1. The molecule has 1 heterocycles. The molecule has 1 fully saturated rings. The first kappa shape index (κ1) is 12.1. The number of nitro benzene ring substituents is 1. The van der Waals surface area contributed by atoms with E-state index in [1.165, 1.54) is 12.5 Å². The van der Waals surface area contributed by atoms with Crippen LogP contribution in [0.15, 0.2) is 22.1 Å². The van der Waals surface area contributed by atoms with Crippen LogP contribution < -0.4 is 16.0 Å². The van der Waals surface area contributed by atoms with Gasteiger partial charge in [0.1, 0.15) is 11.0 Å². The molecule has 6 heteroatoms. The fourth-order valence-corrected chi connectivity index (χ4v) is 2.97. The lowest BCUT2D eigenvalue weighted by Crippen LogP contribution is -2.26. The normalized spacial score (nSPS) is 19.4. The molecule has 1 N–H and O–H groups in total.